The van der Waals surface area contributed by atoms with Crippen molar-refractivity contribution in [1.29, 1.82) is 0 Å². The second kappa shape index (κ2) is 6.60. The zero-order valence-electron chi connectivity index (χ0n) is 11.7. The Hall–Kier alpha value is -1.70. The summed E-state index contributed by atoms with van der Waals surface area (Å²) in [5.74, 6) is -0.631. The number of primary sulfonamides is 1. The predicted octanol–water partition coefficient (Wildman–Crippen LogP) is 3.01. The molecule has 0 heterocycles. The van der Waals surface area contributed by atoms with E-state index in [4.69, 9.17) is 9.88 Å². The van der Waals surface area contributed by atoms with Gasteiger partial charge in [0.2, 0.25) is 10.0 Å². The van der Waals surface area contributed by atoms with E-state index >= 15 is 0 Å². The smallest absolute Gasteiger partial charge is 0.339 e. The molecule has 2 aromatic rings. The van der Waals surface area contributed by atoms with Crippen molar-refractivity contribution >= 4 is 31.9 Å². The summed E-state index contributed by atoms with van der Waals surface area (Å²) in [6.45, 7) is 1.74. The molecule has 0 unspecified atom stereocenters. The molecule has 22 heavy (non-hydrogen) atoms. The SMILES string of the molecule is C[C@H](OC(=O)c1cc(S(N)(=O)=O)ccc1Br)c1ccccc1. The number of sulfonamides is 1. The van der Waals surface area contributed by atoms with Crippen LogP contribution in [0, 0.1) is 0 Å². The number of esters is 1. The first-order valence-corrected chi connectivity index (χ1v) is 8.71. The van der Waals surface area contributed by atoms with E-state index in [0.29, 0.717) is 4.47 Å². The lowest BCUT2D eigenvalue weighted by Gasteiger charge is -2.14. The molecule has 2 rings (SSSR count). The quantitative estimate of drug-likeness (QED) is 0.821. The van der Waals surface area contributed by atoms with Crippen LogP contribution in [-0.4, -0.2) is 14.4 Å². The molecular formula is C15H14BrNO4S. The van der Waals surface area contributed by atoms with Crippen molar-refractivity contribution < 1.29 is 17.9 Å². The number of ether oxygens (including phenoxy) is 1. The molecule has 5 nitrogen and oxygen atoms in total. The minimum Gasteiger partial charge on any atom is -0.454 e. The maximum absolute atomic E-state index is 12.2. The molecule has 116 valence electrons. The molecule has 7 heteroatoms. The van der Waals surface area contributed by atoms with Crippen LogP contribution in [0.3, 0.4) is 0 Å². The highest BCUT2D eigenvalue weighted by atomic mass is 79.9. The highest BCUT2D eigenvalue weighted by molar-refractivity contribution is 9.10. The molecule has 0 aromatic heterocycles. The van der Waals surface area contributed by atoms with E-state index in [9.17, 15) is 13.2 Å². The summed E-state index contributed by atoms with van der Waals surface area (Å²) < 4.78 is 28.5. The van der Waals surface area contributed by atoms with Crippen molar-refractivity contribution in [2.45, 2.75) is 17.9 Å². The summed E-state index contributed by atoms with van der Waals surface area (Å²) in [7, 11) is -3.88. The molecule has 0 aliphatic carbocycles. The van der Waals surface area contributed by atoms with Crippen molar-refractivity contribution in [3.8, 4) is 0 Å². The second-order valence-corrected chi connectivity index (χ2v) is 7.06. The van der Waals surface area contributed by atoms with Gasteiger partial charge in [0.1, 0.15) is 6.10 Å². The van der Waals surface area contributed by atoms with Crippen LogP contribution >= 0.6 is 15.9 Å². The van der Waals surface area contributed by atoms with E-state index in [1.54, 1.807) is 6.92 Å². The Balaban J connectivity index is 2.26. The number of rotatable bonds is 4. The molecular weight excluding hydrogens is 370 g/mol. The molecule has 0 spiro atoms. The van der Waals surface area contributed by atoms with Gasteiger partial charge in [-0.25, -0.2) is 18.4 Å². The summed E-state index contributed by atoms with van der Waals surface area (Å²) in [4.78, 5) is 12.1. The van der Waals surface area contributed by atoms with Gasteiger partial charge in [-0.3, -0.25) is 0 Å². The third-order valence-corrected chi connectivity index (χ3v) is 4.64. The molecule has 2 aromatic carbocycles. The lowest BCUT2D eigenvalue weighted by molar-refractivity contribution is 0.0336. The van der Waals surface area contributed by atoms with Gasteiger partial charge in [-0.1, -0.05) is 30.3 Å². The summed E-state index contributed by atoms with van der Waals surface area (Å²) >= 11 is 3.21. The molecule has 0 amide bonds. The van der Waals surface area contributed by atoms with Gasteiger partial charge in [-0.2, -0.15) is 0 Å². The monoisotopic (exact) mass is 383 g/mol. The second-order valence-electron chi connectivity index (χ2n) is 4.64. The van der Waals surface area contributed by atoms with Gasteiger partial charge in [0.05, 0.1) is 10.5 Å². The van der Waals surface area contributed by atoms with Crippen LogP contribution < -0.4 is 5.14 Å². The highest BCUT2D eigenvalue weighted by Crippen LogP contribution is 2.24. The Labute approximate surface area is 137 Å². The van der Waals surface area contributed by atoms with Gasteiger partial charge >= 0.3 is 5.97 Å². The Morgan fingerprint density at radius 1 is 1.18 bits per heavy atom. The topological polar surface area (TPSA) is 86.5 Å². The Morgan fingerprint density at radius 2 is 1.82 bits per heavy atom. The first kappa shape index (κ1) is 16.7. The number of carbonyl (C=O) groups excluding carboxylic acids is 1. The molecule has 0 saturated heterocycles. The van der Waals surface area contributed by atoms with E-state index in [-0.39, 0.29) is 10.5 Å². The zero-order valence-corrected chi connectivity index (χ0v) is 14.1. The summed E-state index contributed by atoms with van der Waals surface area (Å²) in [6.07, 6.45) is -0.460. The number of halogens is 1. The summed E-state index contributed by atoms with van der Waals surface area (Å²) in [5, 5.41) is 5.07. The average Bonchev–Trinajstić information content (AvgIpc) is 2.47. The van der Waals surface area contributed by atoms with E-state index in [1.165, 1.54) is 18.2 Å². The number of benzene rings is 2. The van der Waals surface area contributed by atoms with Crippen molar-refractivity contribution in [1.82, 2.24) is 0 Å². The highest BCUT2D eigenvalue weighted by Gasteiger charge is 2.19. The number of hydrogen-bond donors (Lipinski definition) is 1. The van der Waals surface area contributed by atoms with E-state index in [1.807, 2.05) is 30.3 Å². The molecule has 0 radical (unpaired) electrons. The summed E-state index contributed by atoms with van der Waals surface area (Å²) in [6, 6.07) is 13.2. The maximum Gasteiger partial charge on any atom is 0.339 e. The molecule has 0 bridgehead atoms. The number of nitrogens with two attached hydrogens (primary N) is 1. The largest absolute Gasteiger partial charge is 0.454 e. The third-order valence-electron chi connectivity index (χ3n) is 3.04. The molecule has 0 aliphatic rings. The van der Waals surface area contributed by atoms with E-state index in [2.05, 4.69) is 15.9 Å². The Kier molecular flexibility index (Phi) is 5.00. The Morgan fingerprint density at radius 3 is 2.41 bits per heavy atom. The van der Waals surface area contributed by atoms with Crippen molar-refractivity contribution in [3.63, 3.8) is 0 Å². The lowest BCUT2D eigenvalue weighted by Crippen LogP contribution is -2.15. The first-order valence-electron chi connectivity index (χ1n) is 6.37. The number of carbonyl (C=O) groups is 1. The van der Waals surface area contributed by atoms with Gasteiger partial charge in [0.25, 0.3) is 0 Å². The normalized spacial score (nSPS) is 12.7. The van der Waals surface area contributed by atoms with Crippen molar-refractivity contribution in [3.05, 3.63) is 64.1 Å². The summed E-state index contributed by atoms with van der Waals surface area (Å²) in [5.41, 5.74) is 0.948. The average molecular weight is 384 g/mol. The van der Waals surface area contributed by atoms with Crippen LogP contribution in [0.15, 0.2) is 57.9 Å². The molecule has 0 saturated carbocycles. The third kappa shape index (κ3) is 3.94. The fraction of sp³-hybridized carbons (Fsp3) is 0.133. The fourth-order valence-corrected chi connectivity index (χ4v) is 2.80. The van der Waals surface area contributed by atoms with Crippen molar-refractivity contribution in [2.75, 3.05) is 0 Å². The minimum atomic E-state index is -3.88. The van der Waals surface area contributed by atoms with E-state index < -0.39 is 22.1 Å². The van der Waals surface area contributed by atoms with Crippen molar-refractivity contribution in [2.24, 2.45) is 5.14 Å². The van der Waals surface area contributed by atoms with Gasteiger partial charge in [-0.15, -0.1) is 0 Å². The minimum absolute atomic E-state index is 0.106. The lowest BCUT2D eigenvalue weighted by atomic mass is 10.1. The molecule has 0 fully saturated rings. The van der Waals surface area contributed by atoms with Crippen LogP contribution in [0.25, 0.3) is 0 Å². The van der Waals surface area contributed by atoms with Crippen LogP contribution in [-0.2, 0) is 14.8 Å². The maximum atomic E-state index is 12.2. The molecule has 1 atom stereocenters. The van der Waals surface area contributed by atoms with Crippen LogP contribution in [0.4, 0.5) is 0 Å². The predicted molar refractivity (Wildman–Crippen MR) is 85.8 cm³/mol. The van der Waals surface area contributed by atoms with Crippen LogP contribution in [0.1, 0.15) is 28.9 Å². The standard InChI is InChI=1S/C15H14BrNO4S/c1-10(11-5-3-2-4-6-11)21-15(18)13-9-12(22(17,19)20)7-8-14(13)16/h2-10H,1H3,(H2,17,19,20)/t10-/m0/s1. The fourth-order valence-electron chi connectivity index (χ4n) is 1.85. The van der Waals surface area contributed by atoms with E-state index in [0.717, 1.165) is 5.56 Å². The first-order chi connectivity index (χ1) is 10.3. The molecule has 0 aliphatic heterocycles. The van der Waals surface area contributed by atoms with Gasteiger partial charge in [-0.05, 0) is 46.6 Å². The van der Waals surface area contributed by atoms with Crippen LogP contribution in [0.2, 0.25) is 0 Å². The van der Waals surface area contributed by atoms with Gasteiger partial charge < -0.3 is 4.74 Å². The van der Waals surface area contributed by atoms with Gasteiger partial charge in [0.15, 0.2) is 0 Å². The van der Waals surface area contributed by atoms with Gasteiger partial charge in [0, 0.05) is 4.47 Å². The Bertz CT molecular complexity index is 790. The zero-order chi connectivity index (χ0) is 16.3. The molecule has 2 N–H and O–H groups in total. The van der Waals surface area contributed by atoms with Crippen LogP contribution in [0.5, 0.6) is 0 Å². The number of hydrogen-bond acceptors (Lipinski definition) is 4.